The van der Waals surface area contributed by atoms with Crippen molar-refractivity contribution in [1.29, 1.82) is 0 Å². The molecule has 0 bridgehead atoms. The first-order chi connectivity index (χ1) is 10.6. The van der Waals surface area contributed by atoms with Gasteiger partial charge in [-0.25, -0.2) is 9.67 Å². The number of aryl methyl sites for hydroxylation is 2. The molecule has 0 aliphatic rings. The van der Waals surface area contributed by atoms with E-state index in [1.807, 2.05) is 49.2 Å². The van der Waals surface area contributed by atoms with Gasteiger partial charge in [-0.05, 0) is 19.1 Å². The molecular weight excluding hydrogens is 344 g/mol. The number of hydrogen-bond donors (Lipinski definition) is 1. The summed E-state index contributed by atoms with van der Waals surface area (Å²) >= 11 is 3.62. The van der Waals surface area contributed by atoms with Crippen molar-refractivity contribution in [3.63, 3.8) is 0 Å². The zero-order valence-corrected chi connectivity index (χ0v) is 13.7. The number of fused-ring (bicyclic) bond motifs is 1. The topological polar surface area (TPSA) is 64.3 Å². The van der Waals surface area contributed by atoms with Gasteiger partial charge in [0.05, 0.1) is 12.4 Å². The fourth-order valence-electron chi connectivity index (χ4n) is 2.60. The molecule has 0 unspecified atom stereocenters. The minimum atomic E-state index is 0.722. The summed E-state index contributed by atoms with van der Waals surface area (Å²) in [4.78, 5) is 7.89. The van der Waals surface area contributed by atoms with Crippen molar-refractivity contribution >= 4 is 26.8 Å². The van der Waals surface area contributed by atoms with E-state index in [9.17, 15) is 0 Å². The van der Waals surface area contributed by atoms with Crippen LogP contribution in [0.1, 0.15) is 5.82 Å². The molecule has 3 heterocycles. The Labute approximate surface area is 134 Å². The Bertz CT molecular complexity index is 977. The lowest BCUT2D eigenvalue weighted by molar-refractivity contribution is 0.766. The van der Waals surface area contributed by atoms with Crippen LogP contribution in [-0.2, 0) is 7.05 Å². The van der Waals surface area contributed by atoms with Gasteiger partial charge >= 0.3 is 0 Å². The summed E-state index contributed by atoms with van der Waals surface area (Å²) in [5.74, 6) is 1.52. The van der Waals surface area contributed by atoms with Crippen LogP contribution < -0.4 is 0 Å². The average Bonchev–Trinajstić information content (AvgIpc) is 3.17. The number of halogens is 1. The highest BCUT2D eigenvalue weighted by Crippen LogP contribution is 2.33. The quantitative estimate of drug-likeness (QED) is 0.599. The van der Waals surface area contributed by atoms with Gasteiger partial charge in [-0.1, -0.05) is 22.0 Å². The van der Waals surface area contributed by atoms with Crippen molar-refractivity contribution < 1.29 is 0 Å². The number of hydrogen-bond acceptors (Lipinski definition) is 3. The Morgan fingerprint density at radius 2 is 2.14 bits per heavy atom. The normalized spacial score (nSPS) is 11.4. The predicted octanol–water partition coefficient (Wildman–Crippen LogP) is 3.22. The molecule has 0 amide bonds. The summed E-state index contributed by atoms with van der Waals surface area (Å²) in [6.45, 7) is 1.89. The van der Waals surface area contributed by atoms with Crippen LogP contribution in [0.5, 0.6) is 0 Å². The third-order valence-electron chi connectivity index (χ3n) is 3.54. The van der Waals surface area contributed by atoms with Crippen LogP contribution >= 0.6 is 15.9 Å². The molecule has 0 saturated carbocycles. The second kappa shape index (κ2) is 4.81. The summed E-state index contributed by atoms with van der Waals surface area (Å²) in [5, 5.41) is 9.82. The van der Waals surface area contributed by atoms with Crippen molar-refractivity contribution in [2.75, 3.05) is 0 Å². The Kier molecular flexibility index (Phi) is 2.90. The molecule has 0 fully saturated rings. The Hall–Kier alpha value is -2.41. The standard InChI is InChI=1S/C15H13BrN6/c1-9-19-15(22(20-9)10-6-18-21(2)8-10)11-7-17-13-5-3-4-12(16)14(11)13/h3-8,17H,1-2H3. The molecule has 1 N–H and O–H groups in total. The Morgan fingerprint density at radius 1 is 1.27 bits per heavy atom. The SMILES string of the molecule is Cc1nc(-c2c[nH]c3cccc(Br)c23)n(-c2cnn(C)c2)n1. The molecule has 0 aliphatic heterocycles. The van der Waals surface area contributed by atoms with E-state index in [2.05, 4.69) is 36.1 Å². The molecule has 110 valence electrons. The maximum Gasteiger partial charge on any atom is 0.165 e. The van der Waals surface area contributed by atoms with Crippen molar-refractivity contribution in [3.8, 4) is 17.1 Å². The lowest BCUT2D eigenvalue weighted by Gasteiger charge is -2.03. The molecule has 7 heteroatoms. The number of benzene rings is 1. The van der Waals surface area contributed by atoms with E-state index in [4.69, 9.17) is 0 Å². The molecule has 4 aromatic rings. The number of aromatic nitrogens is 6. The maximum atomic E-state index is 4.60. The smallest absolute Gasteiger partial charge is 0.165 e. The Morgan fingerprint density at radius 3 is 2.91 bits per heavy atom. The van der Waals surface area contributed by atoms with Crippen molar-refractivity contribution in [2.45, 2.75) is 6.92 Å². The van der Waals surface area contributed by atoms with Crippen LogP contribution in [0.15, 0.2) is 41.3 Å². The van der Waals surface area contributed by atoms with Gasteiger partial charge in [-0.2, -0.15) is 10.2 Å². The summed E-state index contributed by atoms with van der Waals surface area (Å²) in [6.07, 6.45) is 5.66. The van der Waals surface area contributed by atoms with E-state index in [0.717, 1.165) is 38.3 Å². The highest BCUT2D eigenvalue weighted by Gasteiger charge is 2.17. The zero-order valence-electron chi connectivity index (χ0n) is 12.1. The van der Waals surface area contributed by atoms with Crippen molar-refractivity contribution in [2.24, 2.45) is 7.05 Å². The fourth-order valence-corrected chi connectivity index (χ4v) is 3.18. The van der Waals surface area contributed by atoms with Crippen LogP contribution in [0, 0.1) is 6.92 Å². The molecular formula is C15H13BrN6. The van der Waals surface area contributed by atoms with Gasteiger partial charge in [-0.15, -0.1) is 0 Å². The molecule has 1 aromatic carbocycles. The molecule has 0 saturated heterocycles. The van der Waals surface area contributed by atoms with Gasteiger partial charge in [0.25, 0.3) is 0 Å². The van der Waals surface area contributed by atoms with E-state index in [1.54, 1.807) is 10.9 Å². The van der Waals surface area contributed by atoms with Gasteiger partial charge in [0.15, 0.2) is 5.82 Å². The molecule has 6 nitrogen and oxygen atoms in total. The lowest BCUT2D eigenvalue weighted by atomic mass is 10.1. The highest BCUT2D eigenvalue weighted by atomic mass is 79.9. The van der Waals surface area contributed by atoms with Crippen LogP contribution in [0.4, 0.5) is 0 Å². The molecule has 0 atom stereocenters. The number of aromatic amines is 1. The highest BCUT2D eigenvalue weighted by molar-refractivity contribution is 9.10. The summed E-state index contributed by atoms with van der Waals surface area (Å²) < 4.78 is 4.60. The van der Waals surface area contributed by atoms with Crippen molar-refractivity contribution in [1.82, 2.24) is 29.5 Å². The van der Waals surface area contributed by atoms with E-state index in [1.165, 1.54) is 0 Å². The first-order valence-electron chi connectivity index (χ1n) is 6.82. The van der Waals surface area contributed by atoms with Crippen LogP contribution in [0.2, 0.25) is 0 Å². The second-order valence-electron chi connectivity index (χ2n) is 5.13. The number of nitrogens with one attached hydrogen (secondary N) is 1. The summed E-state index contributed by atoms with van der Waals surface area (Å²) in [6, 6.07) is 6.07. The van der Waals surface area contributed by atoms with Gasteiger partial charge in [0.2, 0.25) is 0 Å². The lowest BCUT2D eigenvalue weighted by Crippen LogP contribution is -1.98. The molecule has 0 aliphatic carbocycles. The first-order valence-corrected chi connectivity index (χ1v) is 7.61. The van der Waals surface area contributed by atoms with Crippen LogP contribution in [0.25, 0.3) is 28.0 Å². The molecule has 4 rings (SSSR count). The predicted molar refractivity (Wildman–Crippen MR) is 87.9 cm³/mol. The second-order valence-corrected chi connectivity index (χ2v) is 5.99. The maximum absolute atomic E-state index is 4.60. The number of rotatable bonds is 2. The van der Waals surface area contributed by atoms with Crippen LogP contribution in [-0.4, -0.2) is 29.5 Å². The van der Waals surface area contributed by atoms with Crippen LogP contribution in [0.3, 0.4) is 0 Å². The van der Waals surface area contributed by atoms with E-state index >= 15 is 0 Å². The third-order valence-corrected chi connectivity index (χ3v) is 4.21. The average molecular weight is 357 g/mol. The van der Waals surface area contributed by atoms with Crippen molar-refractivity contribution in [3.05, 3.63) is 47.1 Å². The van der Waals surface area contributed by atoms with Gasteiger partial charge in [0, 0.05) is 34.2 Å². The van der Waals surface area contributed by atoms with E-state index in [0.29, 0.717) is 0 Å². The minimum absolute atomic E-state index is 0.722. The first kappa shape index (κ1) is 13.3. The van der Waals surface area contributed by atoms with Gasteiger partial charge < -0.3 is 4.98 Å². The largest absolute Gasteiger partial charge is 0.360 e. The zero-order chi connectivity index (χ0) is 15.3. The number of H-pyrrole nitrogens is 1. The monoisotopic (exact) mass is 356 g/mol. The molecule has 22 heavy (non-hydrogen) atoms. The summed E-state index contributed by atoms with van der Waals surface area (Å²) in [7, 11) is 1.88. The number of nitrogens with zero attached hydrogens (tertiary/aromatic N) is 5. The summed E-state index contributed by atoms with van der Waals surface area (Å²) in [5.41, 5.74) is 2.95. The third kappa shape index (κ3) is 1.97. The molecule has 0 spiro atoms. The van der Waals surface area contributed by atoms with E-state index < -0.39 is 0 Å². The Balaban J connectivity index is 2.00. The minimum Gasteiger partial charge on any atom is -0.360 e. The van der Waals surface area contributed by atoms with E-state index in [-0.39, 0.29) is 0 Å². The molecule has 0 radical (unpaired) electrons. The van der Waals surface area contributed by atoms with Gasteiger partial charge in [-0.3, -0.25) is 4.68 Å². The van der Waals surface area contributed by atoms with Gasteiger partial charge in [0.1, 0.15) is 11.5 Å². The molecule has 3 aromatic heterocycles. The fraction of sp³-hybridized carbons (Fsp3) is 0.133.